The molecule has 0 atom stereocenters. The maximum atomic E-state index is 12.7. The Morgan fingerprint density at radius 2 is 2.00 bits per heavy atom. The Balaban J connectivity index is 3.00. The monoisotopic (exact) mass is 171 g/mol. The van der Waals surface area contributed by atoms with Crippen molar-refractivity contribution >= 4 is 5.97 Å². The lowest BCUT2D eigenvalue weighted by Gasteiger charge is -1.97. The molecule has 1 radical (unpaired) electrons. The van der Waals surface area contributed by atoms with Gasteiger partial charge in [0.15, 0.2) is 11.6 Å². The number of hydrogen-bond acceptors (Lipinski definition) is 1. The van der Waals surface area contributed by atoms with E-state index in [-0.39, 0.29) is 5.56 Å². The van der Waals surface area contributed by atoms with Crippen LogP contribution < -0.4 is 0 Å². The Bertz CT molecular complexity index is 310. The van der Waals surface area contributed by atoms with Gasteiger partial charge >= 0.3 is 5.97 Å². The number of carbonyl (C=O) groups excluding carboxylic acids is 1. The van der Waals surface area contributed by atoms with Crippen LogP contribution in [0.15, 0.2) is 18.2 Å². The first-order valence-electron chi connectivity index (χ1n) is 3.24. The highest BCUT2D eigenvalue weighted by molar-refractivity contribution is 5.69. The highest BCUT2D eigenvalue weighted by Gasteiger charge is 2.10. The first-order chi connectivity index (χ1) is 5.61. The molecule has 4 heteroatoms. The van der Waals surface area contributed by atoms with E-state index in [1.165, 1.54) is 12.1 Å². The fourth-order valence-electron chi connectivity index (χ4n) is 0.840. The largest absolute Gasteiger partial charge is 0.360 e. The topological polar surface area (TPSA) is 37.0 Å². The molecule has 0 N–H and O–H groups in total. The standard InChI is InChI=1S/C8H5F2O2/c9-6-3-1-2-5(8(6)10)4-7(11)12/h1-3H,4H2. The minimum Gasteiger partial charge on any atom is -0.247 e. The molecule has 0 bridgehead atoms. The average molecular weight is 171 g/mol. The molecule has 1 rings (SSSR count). The lowest BCUT2D eigenvalue weighted by molar-refractivity contribution is -0.142. The fraction of sp³-hybridized carbons (Fsp3) is 0.125. The second kappa shape index (κ2) is 3.30. The van der Waals surface area contributed by atoms with Crippen LogP contribution in [0.5, 0.6) is 0 Å². The number of carbonyl (C=O) groups is 1. The highest BCUT2D eigenvalue weighted by atomic mass is 19.2. The molecule has 1 aromatic rings. The summed E-state index contributed by atoms with van der Waals surface area (Å²) in [6, 6.07) is 3.37. The van der Waals surface area contributed by atoms with Crippen molar-refractivity contribution in [3.63, 3.8) is 0 Å². The van der Waals surface area contributed by atoms with Gasteiger partial charge in [-0.1, -0.05) is 12.1 Å². The molecule has 0 aliphatic rings. The molecule has 2 nitrogen and oxygen atoms in total. The van der Waals surface area contributed by atoms with Gasteiger partial charge < -0.3 is 0 Å². The van der Waals surface area contributed by atoms with Crippen molar-refractivity contribution in [3.05, 3.63) is 35.4 Å². The van der Waals surface area contributed by atoms with Gasteiger partial charge in [-0.25, -0.2) is 18.7 Å². The summed E-state index contributed by atoms with van der Waals surface area (Å²) in [5.41, 5.74) is -0.199. The van der Waals surface area contributed by atoms with Crippen LogP contribution in [0.3, 0.4) is 0 Å². The molecule has 0 aliphatic heterocycles. The molecule has 0 aromatic heterocycles. The van der Waals surface area contributed by atoms with Gasteiger partial charge in [0.05, 0.1) is 6.42 Å². The van der Waals surface area contributed by atoms with E-state index >= 15 is 0 Å². The zero-order valence-corrected chi connectivity index (χ0v) is 6.01. The number of hydrogen-bond donors (Lipinski definition) is 0. The molecule has 0 spiro atoms. The minimum absolute atomic E-state index is 0.199. The maximum Gasteiger partial charge on any atom is 0.360 e. The van der Waals surface area contributed by atoms with Crippen molar-refractivity contribution in [1.29, 1.82) is 0 Å². The Morgan fingerprint density at radius 3 is 2.58 bits per heavy atom. The summed E-state index contributed by atoms with van der Waals surface area (Å²) in [5.74, 6) is -3.60. The molecule has 63 valence electrons. The smallest absolute Gasteiger partial charge is 0.247 e. The van der Waals surface area contributed by atoms with Crippen molar-refractivity contribution in [1.82, 2.24) is 0 Å². The number of rotatable bonds is 2. The van der Waals surface area contributed by atoms with Crippen molar-refractivity contribution in [2.45, 2.75) is 6.42 Å². The summed E-state index contributed by atoms with van der Waals surface area (Å²) in [6.07, 6.45) is -0.608. The summed E-state index contributed by atoms with van der Waals surface area (Å²) >= 11 is 0. The Labute approximate surface area is 67.4 Å². The molecular formula is C8H5F2O2. The van der Waals surface area contributed by atoms with E-state index in [0.717, 1.165) is 6.07 Å². The Kier molecular flexibility index (Phi) is 2.38. The molecule has 0 fully saturated rings. The molecule has 0 aliphatic carbocycles. The lowest BCUT2D eigenvalue weighted by atomic mass is 10.1. The van der Waals surface area contributed by atoms with E-state index < -0.39 is 24.0 Å². The summed E-state index contributed by atoms with van der Waals surface area (Å²) < 4.78 is 25.1. The molecule has 0 saturated heterocycles. The highest BCUT2D eigenvalue weighted by Crippen LogP contribution is 2.11. The van der Waals surface area contributed by atoms with Gasteiger partial charge in [-0.15, -0.1) is 0 Å². The summed E-state index contributed by atoms with van der Waals surface area (Å²) in [4.78, 5) is 10.0. The first kappa shape index (κ1) is 8.64. The molecule has 0 saturated carbocycles. The number of halogens is 2. The van der Waals surface area contributed by atoms with Crippen LogP contribution in [0.4, 0.5) is 8.78 Å². The quantitative estimate of drug-likeness (QED) is 0.663. The predicted molar refractivity (Wildman–Crippen MR) is 35.8 cm³/mol. The predicted octanol–water partition coefficient (Wildman–Crippen LogP) is 1.46. The second-order valence-electron chi connectivity index (χ2n) is 2.26. The van der Waals surface area contributed by atoms with E-state index in [1.54, 1.807) is 0 Å². The summed E-state index contributed by atoms with van der Waals surface area (Å²) in [7, 11) is 0. The zero-order chi connectivity index (χ0) is 9.14. The molecule has 0 unspecified atom stereocenters. The summed E-state index contributed by atoms with van der Waals surface area (Å²) in [5, 5.41) is 10.0. The van der Waals surface area contributed by atoms with E-state index in [0.29, 0.717) is 0 Å². The molecule has 12 heavy (non-hydrogen) atoms. The van der Waals surface area contributed by atoms with Crippen molar-refractivity contribution in [3.8, 4) is 0 Å². The van der Waals surface area contributed by atoms with Crippen LogP contribution in [-0.4, -0.2) is 5.97 Å². The SMILES string of the molecule is [O]C(=O)Cc1cccc(F)c1F. The van der Waals surface area contributed by atoms with Gasteiger partial charge in [-0.3, -0.25) is 0 Å². The van der Waals surface area contributed by atoms with Gasteiger partial charge in [0.2, 0.25) is 0 Å². The molecule has 0 amide bonds. The van der Waals surface area contributed by atoms with Crippen LogP contribution in [-0.2, 0) is 16.3 Å². The average Bonchev–Trinajstić information content (AvgIpc) is 1.98. The van der Waals surface area contributed by atoms with Gasteiger partial charge in [0.25, 0.3) is 0 Å². The normalized spacial score (nSPS) is 9.83. The Hall–Kier alpha value is -1.45. The minimum atomic E-state index is -1.43. The first-order valence-corrected chi connectivity index (χ1v) is 3.24. The zero-order valence-electron chi connectivity index (χ0n) is 6.01. The molecular weight excluding hydrogens is 166 g/mol. The van der Waals surface area contributed by atoms with Gasteiger partial charge in [0.1, 0.15) is 0 Å². The van der Waals surface area contributed by atoms with Gasteiger partial charge in [-0.2, -0.15) is 0 Å². The number of benzene rings is 1. The molecule has 1 aromatic carbocycles. The Morgan fingerprint density at radius 1 is 1.33 bits per heavy atom. The van der Waals surface area contributed by atoms with Gasteiger partial charge in [-0.05, 0) is 6.07 Å². The lowest BCUT2D eigenvalue weighted by Crippen LogP contribution is -2.02. The van der Waals surface area contributed by atoms with Crippen molar-refractivity contribution in [2.75, 3.05) is 0 Å². The third-order valence-corrected chi connectivity index (χ3v) is 1.37. The second-order valence-corrected chi connectivity index (χ2v) is 2.26. The summed E-state index contributed by atoms with van der Waals surface area (Å²) in [6.45, 7) is 0. The van der Waals surface area contributed by atoms with Crippen LogP contribution in [0, 0.1) is 11.6 Å². The van der Waals surface area contributed by atoms with E-state index in [2.05, 4.69) is 0 Å². The third kappa shape index (κ3) is 1.78. The van der Waals surface area contributed by atoms with Crippen LogP contribution in [0.2, 0.25) is 0 Å². The maximum absolute atomic E-state index is 12.7. The van der Waals surface area contributed by atoms with E-state index in [9.17, 15) is 18.7 Å². The van der Waals surface area contributed by atoms with E-state index in [4.69, 9.17) is 0 Å². The van der Waals surface area contributed by atoms with Crippen molar-refractivity contribution < 1.29 is 18.7 Å². The molecule has 0 heterocycles. The van der Waals surface area contributed by atoms with E-state index in [1.807, 2.05) is 0 Å². The van der Waals surface area contributed by atoms with Crippen LogP contribution >= 0.6 is 0 Å². The fourth-order valence-corrected chi connectivity index (χ4v) is 0.840. The van der Waals surface area contributed by atoms with Crippen LogP contribution in [0.25, 0.3) is 0 Å². The van der Waals surface area contributed by atoms with Crippen LogP contribution in [0.1, 0.15) is 5.56 Å². The van der Waals surface area contributed by atoms with Crippen molar-refractivity contribution in [2.24, 2.45) is 0 Å². The third-order valence-electron chi connectivity index (χ3n) is 1.37. The van der Waals surface area contributed by atoms with Gasteiger partial charge in [0, 0.05) is 5.56 Å².